The van der Waals surface area contributed by atoms with E-state index >= 15 is 0 Å². The maximum absolute atomic E-state index is 13.2. The number of likely N-dealkylation sites (tertiary alicyclic amines) is 1. The molecule has 26 heavy (non-hydrogen) atoms. The fourth-order valence-corrected chi connectivity index (χ4v) is 4.84. The number of aromatic nitrogens is 2. The highest BCUT2D eigenvalue weighted by Gasteiger charge is 2.40. The summed E-state index contributed by atoms with van der Waals surface area (Å²) in [5.41, 5.74) is 1.74. The number of piperidine rings is 1. The Labute approximate surface area is 158 Å². The molecule has 1 saturated heterocycles. The molecule has 3 rings (SSSR count). The van der Waals surface area contributed by atoms with E-state index in [0.29, 0.717) is 5.56 Å². The summed E-state index contributed by atoms with van der Waals surface area (Å²) in [5, 5.41) is 0. The van der Waals surface area contributed by atoms with E-state index in [2.05, 4.69) is 21.8 Å². The van der Waals surface area contributed by atoms with Crippen LogP contribution in [0.2, 0.25) is 0 Å². The number of carbonyl (C=O) groups is 1. The van der Waals surface area contributed by atoms with Gasteiger partial charge in [0.2, 0.25) is 0 Å². The van der Waals surface area contributed by atoms with E-state index in [0.717, 1.165) is 25.1 Å². The zero-order valence-electron chi connectivity index (χ0n) is 16.5. The van der Waals surface area contributed by atoms with Gasteiger partial charge in [0.15, 0.2) is 0 Å². The number of nitrogens with zero attached hydrogens (tertiary/aromatic N) is 4. The number of hydrogen-bond donors (Lipinski definition) is 0. The SMILES string of the molecule is CCCc1ncncc1C(=O)N(C)CC1(N2CCCCC2)CCCCC1. The fraction of sp³-hybridized carbons (Fsp3) is 0.762. The second-order valence-corrected chi connectivity index (χ2v) is 8.13. The number of hydrogen-bond acceptors (Lipinski definition) is 4. The number of rotatable bonds is 6. The lowest BCUT2D eigenvalue weighted by Gasteiger charge is -2.49. The van der Waals surface area contributed by atoms with Gasteiger partial charge in [-0.15, -0.1) is 0 Å². The van der Waals surface area contributed by atoms with Crippen LogP contribution < -0.4 is 0 Å². The zero-order chi connectivity index (χ0) is 18.4. The summed E-state index contributed by atoms with van der Waals surface area (Å²) in [6.45, 7) is 5.33. The highest BCUT2D eigenvalue weighted by Crippen LogP contribution is 2.36. The maximum atomic E-state index is 13.2. The van der Waals surface area contributed by atoms with Crippen LogP contribution in [0.3, 0.4) is 0 Å². The normalized spacial score (nSPS) is 20.7. The quantitative estimate of drug-likeness (QED) is 0.778. The van der Waals surface area contributed by atoms with Crippen molar-refractivity contribution in [3.05, 3.63) is 23.8 Å². The number of carbonyl (C=O) groups excluding carboxylic acids is 1. The molecule has 1 aromatic rings. The Morgan fingerprint density at radius 1 is 1.15 bits per heavy atom. The average Bonchev–Trinajstić information content (AvgIpc) is 2.69. The average molecular weight is 359 g/mol. The van der Waals surface area contributed by atoms with Gasteiger partial charge in [-0.2, -0.15) is 0 Å². The van der Waals surface area contributed by atoms with Crippen LogP contribution in [-0.2, 0) is 6.42 Å². The molecule has 1 saturated carbocycles. The van der Waals surface area contributed by atoms with Crippen LogP contribution >= 0.6 is 0 Å². The molecule has 2 aliphatic rings. The number of amides is 1. The summed E-state index contributed by atoms with van der Waals surface area (Å²) < 4.78 is 0. The molecule has 1 aromatic heterocycles. The third kappa shape index (κ3) is 4.25. The first-order chi connectivity index (χ1) is 12.7. The van der Waals surface area contributed by atoms with Crippen LogP contribution in [0.5, 0.6) is 0 Å². The Kier molecular flexibility index (Phi) is 6.63. The summed E-state index contributed by atoms with van der Waals surface area (Å²) in [6.07, 6.45) is 15.4. The topological polar surface area (TPSA) is 49.3 Å². The summed E-state index contributed by atoms with van der Waals surface area (Å²) in [7, 11) is 1.96. The largest absolute Gasteiger partial charge is 0.340 e. The second kappa shape index (κ2) is 8.94. The van der Waals surface area contributed by atoms with Gasteiger partial charge in [-0.05, 0) is 45.2 Å². The Morgan fingerprint density at radius 3 is 2.54 bits per heavy atom. The molecule has 0 spiro atoms. The van der Waals surface area contributed by atoms with E-state index in [4.69, 9.17) is 0 Å². The molecule has 144 valence electrons. The standard InChI is InChI=1S/C21H34N4O/c1-3-10-19-18(15-22-17-23-19)20(26)24(2)16-21(11-6-4-7-12-21)25-13-8-5-9-14-25/h15,17H,3-14,16H2,1-2H3. The van der Waals surface area contributed by atoms with Crippen molar-refractivity contribution in [2.24, 2.45) is 0 Å². The Hall–Kier alpha value is -1.49. The molecule has 0 N–H and O–H groups in total. The monoisotopic (exact) mass is 358 g/mol. The van der Waals surface area contributed by atoms with Gasteiger partial charge in [0.05, 0.1) is 11.3 Å². The Balaban J connectivity index is 1.77. The maximum Gasteiger partial charge on any atom is 0.257 e. The molecule has 1 amide bonds. The summed E-state index contributed by atoms with van der Waals surface area (Å²) >= 11 is 0. The van der Waals surface area contributed by atoms with Crippen LogP contribution in [0.15, 0.2) is 12.5 Å². The summed E-state index contributed by atoms with van der Waals surface area (Å²) in [5.74, 6) is 0.0796. The van der Waals surface area contributed by atoms with Crippen LogP contribution in [0, 0.1) is 0 Å². The highest BCUT2D eigenvalue weighted by molar-refractivity contribution is 5.94. The molecule has 5 nitrogen and oxygen atoms in total. The lowest BCUT2D eigenvalue weighted by atomic mass is 9.78. The van der Waals surface area contributed by atoms with Crippen molar-refractivity contribution in [2.45, 2.75) is 76.7 Å². The van der Waals surface area contributed by atoms with Crippen LogP contribution in [0.4, 0.5) is 0 Å². The van der Waals surface area contributed by atoms with Crippen LogP contribution in [0.1, 0.15) is 80.8 Å². The smallest absolute Gasteiger partial charge is 0.257 e. The molecule has 0 bridgehead atoms. The van der Waals surface area contributed by atoms with E-state index in [-0.39, 0.29) is 11.4 Å². The Bertz CT molecular complexity index is 591. The fourth-order valence-electron chi connectivity index (χ4n) is 4.84. The minimum atomic E-state index is 0.0796. The van der Waals surface area contributed by atoms with Crippen LogP contribution in [-0.4, -0.2) is 57.9 Å². The van der Waals surface area contributed by atoms with E-state index in [1.807, 2.05) is 11.9 Å². The van der Waals surface area contributed by atoms with Crippen LogP contribution in [0.25, 0.3) is 0 Å². The molecule has 1 aliphatic heterocycles. The van der Waals surface area contributed by atoms with E-state index in [1.54, 1.807) is 12.5 Å². The summed E-state index contributed by atoms with van der Waals surface area (Å²) in [6, 6.07) is 0. The van der Waals surface area contributed by atoms with Gasteiger partial charge < -0.3 is 4.90 Å². The molecular formula is C21H34N4O. The molecule has 5 heteroatoms. The van der Waals surface area contributed by atoms with Gasteiger partial charge in [-0.25, -0.2) is 9.97 Å². The predicted molar refractivity (Wildman–Crippen MR) is 104 cm³/mol. The van der Waals surface area contributed by atoms with Gasteiger partial charge in [0, 0.05) is 25.3 Å². The van der Waals surface area contributed by atoms with Crippen molar-refractivity contribution in [1.82, 2.24) is 19.8 Å². The zero-order valence-corrected chi connectivity index (χ0v) is 16.5. The second-order valence-electron chi connectivity index (χ2n) is 8.13. The number of likely N-dealkylation sites (N-methyl/N-ethyl adjacent to an activating group) is 1. The third-order valence-electron chi connectivity index (χ3n) is 6.20. The molecule has 0 aromatic carbocycles. The van der Waals surface area contributed by atoms with Crippen molar-refractivity contribution >= 4 is 5.91 Å². The van der Waals surface area contributed by atoms with Gasteiger partial charge in [0.1, 0.15) is 6.33 Å². The molecule has 0 atom stereocenters. The first-order valence-electron chi connectivity index (χ1n) is 10.5. The van der Waals surface area contributed by atoms with E-state index in [9.17, 15) is 4.79 Å². The molecule has 0 radical (unpaired) electrons. The van der Waals surface area contributed by atoms with Crippen molar-refractivity contribution in [3.63, 3.8) is 0 Å². The molecule has 2 heterocycles. The third-order valence-corrected chi connectivity index (χ3v) is 6.20. The van der Waals surface area contributed by atoms with Gasteiger partial charge in [-0.1, -0.05) is 39.0 Å². The minimum Gasteiger partial charge on any atom is -0.340 e. The lowest BCUT2D eigenvalue weighted by Crippen LogP contribution is -2.58. The first kappa shape index (κ1) is 19.3. The molecular weight excluding hydrogens is 324 g/mol. The minimum absolute atomic E-state index is 0.0796. The Morgan fingerprint density at radius 2 is 1.85 bits per heavy atom. The lowest BCUT2D eigenvalue weighted by molar-refractivity contribution is 0.00984. The molecule has 0 unspecified atom stereocenters. The van der Waals surface area contributed by atoms with Gasteiger partial charge >= 0.3 is 0 Å². The van der Waals surface area contributed by atoms with Gasteiger partial charge in [0.25, 0.3) is 5.91 Å². The van der Waals surface area contributed by atoms with Gasteiger partial charge in [-0.3, -0.25) is 9.69 Å². The molecule has 1 aliphatic carbocycles. The van der Waals surface area contributed by atoms with Crippen molar-refractivity contribution in [3.8, 4) is 0 Å². The predicted octanol–water partition coefficient (Wildman–Crippen LogP) is 3.69. The van der Waals surface area contributed by atoms with Crippen molar-refractivity contribution in [2.75, 3.05) is 26.7 Å². The first-order valence-corrected chi connectivity index (χ1v) is 10.5. The van der Waals surface area contributed by atoms with Crippen molar-refractivity contribution < 1.29 is 4.79 Å². The van der Waals surface area contributed by atoms with Crippen molar-refractivity contribution in [1.29, 1.82) is 0 Å². The van der Waals surface area contributed by atoms with E-state index in [1.165, 1.54) is 64.5 Å². The molecule has 2 fully saturated rings. The van der Waals surface area contributed by atoms with E-state index < -0.39 is 0 Å². The number of aryl methyl sites for hydroxylation is 1. The summed E-state index contributed by atoms with van der Waals surface area (Å²) in [4.78, 5) is 26.3. The highest BCUT2D eigenvalue weighted by atomic mass is 16.2.